The molecule has 0 unspecified atom stereocenters. The van der Waals surface area contributed by atoms with Gasteiger partial charge in [-0.05, 0) is 24.6 Å². The Labute approximate surface area is 145 Å². The lowest BCUT2D eigenvalue weighted by molar-refractivity contribution is -0.683. The van der Waals surface area contributed by atoms with E-state index in [1.165, 1.54) is 17.1 Å². The van der Waals surface area contributed by atoms with E-state index in [1.807, 2.05) is 30.3 Å². The van der Waals surface area contributed by atoms with Crippen molar-refractivity contribution in [2.75, 3.05) is 13.1 Å². The number of rotatable bonds is 5. The summed E-state index contributed by atoms with van der Waals surface area (Å²) in [6.07, 6.45) is 0.720. The van der Waals surface area contributed by atoms with Gasteiger partial charge in [-0.25, -0.2) is 13.8 Å². The second-order valence-corrected chi connectivity index (χ2v) is 6.07. The van der Waals surface area contributed by atoms with Gasteiger partial charge in [0.05, 0.1) is 12.3 Å². The van der Waals surface area contributed by atoms with E-state index in [-0.39, 0.29) is 18.5 Å². The Morgan fingerprint density at radius 1 is 1.24 bits per heavy atom. The van der Waals surface area contributed by atoms with Crippen molar-refractivity contribution in [1.82, 2.24) is 5.01 Å². The first-order chi connectivity index (χ1) is 12.0. The van der Waals surface area contributed by atoms with Crippen LogP contribution in [0.5, 0.6) is 0 Å². The van der Waals surface area contributed by atoms with Crippen LogP contribution in [0.4, 0.5) is 8.78 Å². The van der Waals surface area contributed by atoms with Crippen LogP contribution in [0.2, 0.25) is 0 Å². The van der Waals surface area contributed by atoms with Crippen molar-refractivity contribution in [1.29, 1.82) is 0 Å². The minimum Gasteiger partial charge on any atom is -0.332 e. The molecule has 0 saturated carbocycles. The molecule has 0 bridgehead atoms. The number of halogens is 2. The fourth-order valence-electron chi connectivity index (χ4n) is 2.85. The van der Waals surface area contributed by atoms with Crippen LogP contribution in [-0.2, 0) is 4.79 Å². The first-order valence-electron chi connectivity index (χ1n) is 8.26. The molecule has 1 aliphatic rings. The average Bonchev–Trinajstić information content (AvgIpc) is 3.10. The van der Waals surface area contributed by atoms with Gasteiger partial charge < -0.3 is 5.32 Å². The van der Waals surface area contributed by atoms with E-state index in [4.69, 9.17) is 0 Å². The molecule has 2 N–H and O–H groups in total. The molecule has 0 spiro atoms. The lowest BCUT2D eigenvalue weighted by Gasteiger charge is -2.14. The Morgan fingerprint density at radius 2 is 2.00 bits per heavy atom. The summed E-state index contributed by atoms with van der Waals surface area (Å²) in [6.45, 7) is 2.49. The number of carbonyl (C=O) groups is 1. The summed E-state index contributed by atoms with van der Waals surface area (Å²) >= 11 is 0. The number of benzene rings is 2. The Balaban J connectivity index is 1.59. The molecule has 6 heteroatoms. The van der Waals surface area contributed by atoms with Crippen molar-refractivity contribution in [2.24, 2.45) is 5.10 Å². The van der Waals surface area contributed by atoms with E-state index in [9.17, 15) is 13.6 Å². The van der Waals surface area contributed by atoms with Crippen molar-refractivity contribution in [3.8, 4) is 0 Å². The smallest absolute Gasteiger partial charge is 0.297 e. The highest BCUT2D eigenvalue weighted by Gasteiger charge is 2.24. The molecule has 1 aliphatic heterocycles. The van der Waals surface area contributed by atoms with E-state index in [1.54, 1.807) is 12.2 Å². The van der Waals surface area contributed by atoms with Crippen LogP contribution < -0.4 is 5.32 Å². The number of quaternary nitrogens is 1. The zero-order valence-electron chi connectivity index (χ0n) is 14.0. The lowest BCUT2D eigenvalue weighted by Crippen LogP contribution is -2.87. The van der Waals surface area contributed by atoms with Gasteiger partial charge in [0.1, 0.15) is 17.7 Å². The topological polar surface area (TPSA) is 49.3 Å². The van der Waals surface area contributed by atoms with Crippen molar-refractivity contribution in [3.63, 3.8) is 0 Å². The number of carbonyl (C=O) groups excluding carboxylic acids is 1. The maximum atomic E-state index is 13.8. The Kier molecular flexibility index (Phi) is 5.19. The summed E-state index contributed by atoms with van der Waals surface area (Å²) in [5.74, 6) is -1.33. The molecule has 1 amide bonds. The number of hydrogen-bond acceptors (Lipinski definition) is 2. The number of hydrazone groups is 1. The second kappa shape index (κ2) is 7.53. The van der Waals surface area contributed by atoms with Gasteiger partial charge in [0.25, 0.3) is 5.91 Å². The Hall–Kier alpha value is -2.60. The van der Waals surface area contributed by atoms with Crippen LogP contribution in [0, 0.1) is 11.6 Å². The van der Waals surface area contributed by atoms with Gasteiger partial charge >= 0.3 is 0 Å². The SMILES string of the molecule is C[C@@H]([NH2+]CC(=O)N1CCC(c2ccccc2)=N1)c1ccc(F)cc1F. The van der Waals surface area contributed by atoms with E-state index in [0.29, 0.717) is 12.1 Å². The highest BCUT2D eigenvalue weighted by Crippen LogP contribution is 2.15. The first kappa shape index (κ1) is 17.2. The molecule has 0 radical (unpaired) electrons. The number of hydrogen-bond donors (Lipinski definition) is 1. The van der Waals surface area contributed by atoms with Gasteiger partial charge in [0.2, 0.25) is 0 Å². The standard InChI is InChI=1S/C19H19F2N3O/c1-13(16-8-7-15(20)11-17(16)21)22-12-19(25)24-10-9-18(23-24)14-5-3-2-4-6-14/h2-8,11,13,22H,9-10,12H2,1H3/p+1/t13-/m1/s1. The zero-order chi connectivity index (χ0) is 17.8. The van der Waals surface area contributed by atoms with Crippen molar-refractivity contribution in [2.45, 2.75) is 19.4 Å². The Morgan fingerprint density at radius 3 is 2.72 bits per heavy atom. The Bertz CT molecular complexity index is 793. The molecule has 2 aromatic rings. The minimum atomic E-state index is -0.607. The van der Waals surface area contributed by atoms with Crippen LogP contribution >= 0.6 is 0 Å². The molecule has 0 saturated heterocycles. The van der Waals surface area contributed by atoms with Gasteiger partial charge in [-0.3, -0.25) is 4.79 Å². The maximum Gasteiger partial charge on any atom is 0.297 e. The number of nitrogens with zero attached hydrogens (tertiary/aromatic N) is 2. The first-order valence-corrected chi connectivity index (χ1v) is 8.26. The molecule has 130 valence electrons. The second-order valence-electron chi connectivity index (χ2n) is 6.07. The van der Waals surface area contributed by atoms with Crippen molar-refractivity contribution < 1.29 is 18.9 Å². The largest absolute Gasteiger partial charge is 0.332 e. The molecule has 0 aliphatic carbocycles. The number of nitrogens with two attached hydrogens (primary N) is 1. The predicted molar refractivity (Wildman–Crippen MR) is 90.9 cm³/mol. The normalized spacial score (nSPS) is 15.2. The molecule has 1 atom stereocenters. The minimum absolute atomic E-state index is 0.125. The molecular formula is C19H20F2N3O+. The molecule has 25 heavy (non-hydrogen) atoms. The van der Waals surface area contributed by atoms with Crippen molar-refractivity contribution >= 4 is 11.6 Å². The van der Waals surface area contributed by atoms with Gasteiger partial charge in [0, 0.05) is 18.1 Å². The van der Waals surface area contributed by atoms with Crippen LogP contribution in [0.25, 0.3) is 0 Å². The van der Waals surface area contributed by atoms with Crippen molar-refractivity contribution in [3.05, 3.63) is 71.3 Å². The lowest BCUT2D eigenvalue weighted by atomic mass is 10.1. The summed E-state index contributed by atoms with van der Waals surface area (Å²) in [5, 5.41) is 7.59. The molecule has 2 aromatic carbocycles. The van der Waals surface area contributed by atoms with Gasteiger partial charge in [-0.1, -0.05) is 30.3 Å². The highest BCUT2D eigenvalue weighted by molar-refractivity contribution is 6.02. The quantitative estimate of drug-likeness (QED) is 0.888. The van der Waals surface area contributed by atoms with Crippen LogP contribution in [0.3, 0.4) is 0 Å². The molecule has 1 heterocycles. The van der Waals surface area contributed by atoms with E-state index < -0.39 is 11.6 Å². The maximum absolute atomic E-state index is 13.8. The molecule has 0 aromatic heterocycles. The van der Waals surface area contributed by atoms with Gasteiger partial charge in [-0.15, -0.1) is 0 Å². The van der Waals surface area contributed by atoms with Gasteiger partial charge in [-0.2, -0.15) is 5.10 Å². The third-order valence-corrected chi connectivity index (χ3v) is 4.30. The third-order valence-electron chi connectivity index (χ3n) is 4.30. The summed E-state index contributed by atoms with van der Waals surface area (Å²) in [4.78, 5) is 12.3. The summed E-state index contributed by atoms with van der Waals surface area (Å²) in [6, 6.07) is 13.0. The predicted octanol–water partition coefficient (Wildman–Crippen LogP) is 2.23. The fourth-order valence-corrected chi connectivity index (χ4v) is 2.85. The molecule has 0 fully saturated rings. The fraction of sp³-hybridized carbons (Fsp3) is 0.263. The van der Waals surface area contributed by atoms with E-state index >= 15 is 0 Å². The van der Waals surface area contributed by atoms with E-state index in [2.05, 4.69) is 5.10 Å². The molecular weight excluding hydrogens is 324 g/mol. The van der Waals surface area contributed by atoms with E-state index in [0.717, 1.165) is 23.8 Å². The monoisotopic (exact) mass is 344 g/mol. The average molecular weight is 344 g/mol. The third kappa shape index (κ3) is 4.09. The molecule has 3 rings (SSSR count). The highest BCUT2D eigenvalue weighted by atomic mass is 19.1. The van der Waals surface area contributed by atoms with Crippen LogP contribution in [0.15, 0.2) is 53.6 Å². The summed E-state index contributed by atoms with van der Waals surface area (Å²) in [5.41, 5.74) is 2.29. The van der Waals surface area contributed by atoms with Gasteiger partial charge in [0.15, 0.2) is 6.54 Å². The molecule has 4 nitrogen and oxygen atoms in total. The number of amides is 1. The van der Waals surface area contributed by atoms with Crippen LogP contribution in [-0.4, -0.2) is 29.7 Å². The summed E-state index contributed by atoms with van der Waals surface area (Å²) < 4.78 is 26.8. The van der Waals surface area contributed by atoms with Crippen LogP contribution in [0.1, 0.15) is 30.5 Å². The zero-order valence-corrected chi connectivity index (χ0v) is 14.0. The summed E-state index contributed by atoms with van der Waals surface area (Å²) in [7, 11) is 0.